The number of hydrogen-bond donors (Lipinski definition) is 6. The summed E-state index contributed by atoms with van der Waals surface area (Å²) in [6.07, 6.45) is 6.68. The first-order valence-electron chi connectivity index (χ1n) is 44.2. The number of para-hydroxylation sites is 2. The average Bonchev–Trinajstić information content (AvgIpc) is 0.798. The smallest absolute Gasteiger partial charge is 0.311 e. The van der Waals surface area contributed by atoms with Gasteiger partial charge in [0.25, 0.3) is 0 Å². The van der Waals surface area contributed by atoms with Crippen molar-refractivity contribution >= 4 is 103 Å². The molecule has 4 amide bonds. The van der Waals surface area contributed by atoms with E-state index in [-0.39, 0.29) is 62.6 Å². The lowest BCUT2D eigenvalue weighted by atomic mass is 9.86. The van der Waals surface area contributed by atoms with E-state index in [1.807, 2.05) is 84.9 Å². The van der Waals surface area contributed by atoms with Crippen LogP contribution >= 0.6 is 0 Å². The molecule has 127 heavy (non-hydrogen) atoms. The number of nitrogen functional groups attached to an aromatic ring is 2. The van der Waals surface area contributed by atoms with Gasteiger partial charge < -0.3 is 42.2 Å². The molecule has 13 rings (SSSR count). The summed E-state index contributed by atoms with van der Waals surface area (Å²) in [6.45, 7) is 38.8. The number of nitrogens with two attached hydrogens (primary N) is 2. The van der Waals surface area contributed by atoms with E-state index in [0.717, 1.165) is 69.2 Å². The molecule has 0 saturated heterocycles. The number of pyridine rings is 2. The first-order chi connectivity index (χ1) is 60.1. The van der Waals surface area contributed by atoms with Gasteiger partial charge in [-0.05, 0) is 222 Å². The summed E-state index contributed by atoms with van der Waals surface area (Å²) in [7, 11) is 0. The van der Waals surface area contributed by atoms with Crippen LogP contribution in [0.5, 0.6) is 11.5 Å². The zero-order chi connectivity index (χ0) is 92.2. The Morgan fingerprint density at radius 3 is 1.07 bits per heavy atom. The Balaban J connectivity index is 0.000000179. The van der Waals surface area contributed by atoms with Crippen molar-refractivity contribution in [2.45, 2.75) is 228 Å². The van der Waals surface area contributed by atoms with E-state index in [0.29, 0.717) is 97.1 Å². The molecule has 0 spiro atoms. The van der Waals surface area contributed by atoms with Crippen LogP contribution in [0.2, 0.25) is 0 Å². The van der Waals surface area contributed by atoms with Crippen LogP contribution < -0.4 is 42.2 Å². The minimum absolute atomic E-state index is 0.0211. The third-order valence-corrected chi connectivity index (χ3v) is 22.0. The Kier molecular flexibility index (Phi) is 34.8. The van der Waals surface area contributed by atoms with Gasteiger partial charge in [-0.1, -0.05) is 306 Å². The molecule has 0 fully saturated rings. The molecular formula is C111H130N8O8. The Labute approximate surface area is 752 Å². The first kappa shape index (κ1) is 97.7. The SMILES string of the molecule is CC(=O)Nc1ccc(NC(=O)CCc2ccc(C(C)(C)C)cc2)cc1.CC(C)(C)c1ccc(CCC(=O)Nc2ccc3ccccc3c2)cc1.CC(C)(C)c1ccc(CCC(=O)Oc2cc(N)nc3ccccc23)cc1.CC(C)(C)c1ccc(CCC(=O)Oc2cccc3ccc(N)nc23)cc1.CCC(C)c1ccc(NC(=O)CCc2ccc(C(C)(C)C)cc2)cc1. The highest BCUT2D eigenvalue weighted by molar-refractivity contribution is 5.96. The zero-order valence-corrected chi connectivity index (χ0v) is 77.7. The number of carbonyl (C=O) groups is 6. The van der Waals surface area contributed by atoms with Gasteiger partial charge in [-0.2, -0.15) is 0 Å². The topological polar surface area (TPSA) is 247 Å². The second-order valence-electron chi connectivity index (χ2n) is 37.7. The number of aromatic nitrogens is 2. The van der Waals surface area contributed by atoms with E-state index in [1.54, 1.807) is 42.5 Å². The molecule has 0 bridgehead atoms. The van der Waals surface area contributed by atoms with Gasteiger partial charge in [-0.25, -0.2) is 9.97 Å². The maximum Gasteiger partial charge on any atom is 0.311 e. The summed E-state index contributed by atoms with van der Waals surface area (Å²) in [5, 5.41) is 15.6. The largest absolute Gasteiger partial charge is 0.426 e. The molecule has 1 atom stereocenters. The number of esters is 2. The van der Waals surface area contributed by atoms with Crippen LogP contribution in [0.4, 0.5) is 34.4 Å². The number of rotatable bonds is 23. The van der Waals surface area contributed by atoms with Crippen molar-refractivity contribution in [3.8, 4) is 11.5 Å². The van der Waals surface area contributed by atoms with Gasteiger partial charge in [-0.3, -0.25) is 28.8 Å². The predicted molar refractivity (Wildman–Crippen MR) is 527 cm³/mol. The Morgan fingerprint density at radius 1 is 0.331 bits per heavy atom. The average molecular weight is 1700 g/mol. The highest BCUT2D eigenvalue weighted by atomic mass is 16.5. The third-order valence-electron chi connectivity index (χ3n) is 22.0. The Bertz CT molecular complexity index is 5800. The molecule has 662 valence electrons. The van der Waals surface area contributed by atoms with Crippen LogP contribution in [0.25, 0.3) is 32.6 Å². The molecular weight excluding hydrogens is 1570 g/mol. The molecule has 2 heterocycles. The van der Waals surface area contributed by atoms with Crippen LogP contribution in [0.3, 0.4) is 0 Å². The number of amides is 4. The van der Waals surface area contributed by atoms with Crippen LogP contribution in [-0.4, -0.2) is 45.5 Å². The molecule has 0 saturated carbocycles. The molecule has 16 nitrogen and oxygen atoms in total. The van der Waals surface area contributed by atoms with Crippen molar-refractivity contribution in [2.24, 2.45) is 0 Å². The number of fused-ring (bicyclic) bond motifs is 3. The minimum Gasteiger partial charge on any atom is -0.426 e. The molecule has 0 aliphatic carbocycles. The maximum atomic E-state index is 12.3. The van der Waals surface area contributed by atoms with Gasteiger partial charge in [0.15, 0.2) is 5.75 Å². The third kappa shape index (κ3) is 32.1. The summed E-state index contributed by atoms with van der Waals surface area (Å²) in [4.78, 5) is 80.6. The van der Waals surface area contributed by atoms with Gasteiger partial charge in [0, 0.05) is 78.6 Å². The van der Waals surface area contributed by atoms with Crippen molar-refractivity contribution in [3.05, 3.63) is 334 Å². The Morgan fingerprint density at radius 2 is 0.669 bits per heavy atom. The summed E-state index contributed by atoms with van der Waals surface area (Å²) in [5.74, 6) is 1.63. The van der Waals surface area contributed by atoms with E-state index < -0.39 is 0 Å². The molecule has 1 unspecified atom stereocenters. The fourth-order valence-corrected chi connectivity index (χ4v) is 13.8. The summed E-state index contributed by atoms with van der Waals surface area (Å²) in [6, 6.07) is 90.1. The van der Waals surface area contributed by atoms with Crippen LogP contribution in [0, 0.1) is 0 Å². The summed E-state index contributed by atoms with van der Waals surface area (Å²) >= 11 is 0. The number of anilines is 6. The van der Waals surface area contributed by atoms with Gasteiger partial charge in [0.2, 0.25) is 23.6 Å². The zero-order valence-electron chi connectivity index (χ0n) is 77.7. The fraction of sp³-hybridized carbons (Fsp3) is 0.315. The van der Waals surface area contributed by atoms with Crippen LogP contribution in [0.1, 0.15) is 230 Å². The van der Waals surface area contributed by atoms with E-state index in [9.17, 15) is 28.8 Å². The lowest BCUT2D eigenvalue weighted by molar-refractivity contribution is -0.135. The molecule has 13 aromatic rings. The lowest BCUT2D eigenvalue weighted by Gasteiger charge is -2.19. The first-order valence-corrected chi connectivity index (χ1v) is 44.2. The number of nitrogens with zero attached hydrogens (tertiary/aromatic N) is 2. The van der Waals surface area contributed by atoms with E-state index in [2.05, 4.69) is 295 Å². The highest BCUT2D eigenvalue weighted by Gasteiger charge is 2.21. The minimum atomic E-state index is -0.277. The molecule has 0 aliphatic heterocycles. The van der Waals surface area contributed by atoms with Crippen molar-refractivity contribution in [1.29, 1.82) is 0 Å². The molecule has 0 radical (unpaired) electrons. The molecule has 2 aromatic heterocycles. The number of carbonyl (C=O) groups excluding carboxylic acids is 6. The van der Waals surface area contributed by atoms with Crippen molar-refractivity contribution in [2.75, 3.05) is 32.7 Å². The second-order valence-corrected chi connectivity index (χ2v) is 37.7. The predicted octanol–water partition coefficient (Wildman–Crippen LogP) is 25.6. The normalized spacial score (nSPS) is 11.6. The quantitative estimate of drug-likeness (QED) is 0.0259. The Hall–Kier alpha value is -13.1. The van der Waals surface area contributed by atoms with Crippen LogP contribution in [-0.2, 0) is 87.9 Å². The van der Waals surface area contributed by atoms with Crippen LogP contribution in [0.15, 0.2) is 273 Å². The molecule has 16 heteroatoms. The number of benzene rings is 11. The van der Waals surface area contributed by atoms with E-state index in [1.165, 1.54) is 56.8 Å². The van der Waals surface area contributed by atoms with Gasteiger partial charge in [-0.15, -0.1) is 0 Å². The van der Waals surface area contributed by atoms with Gasteiger partial charge in [0.05, 0.1) is 5.52 Å². The lowest BCUT2D eigenvalue weighted by Crippen LogP contribution is -2.13. The summed E-state index contributed by atoms with van der Waals surface area (Å²) in [5.41, 5.74) is 30.4. The van der Waals surface area contributed by atoms with Crippen molar-refractivity contribution < 1.29 is 38.2 Å². The van der Waals surface area contributed by atoms with Gasteiger partial charge in [0.1, 0.15) is 22.9 Å². The van der Waals surface area contributed by atoms with Gasteiger partial charge >= 0.3 is 11.9 Å². The number of aryl methyl sites for hydroxylation is 5. The highest BCUT2D eigenvalue weighted by Crippen LogP contribution is 2.32. The van der Waals surface area contributed by atoms with E-state index >= 15 is 0 Å². The molecule has 8 N–H and O–H groups in total. The number of hydrogen-bond acceptors (Lipinski definition) is 12. The van der Waals surface area contributed by atoms with Crippen molar-refractivity contribution in [3.63, 3.8) is 0 Å². The molecule has 11 aromatic carbocycles. The van der Waals surface area contributed by atoms with Crippen molar-refractivity contribution in [1.82, 2.24) is 9.97 Å². The summed E-state index contributed by atoms with van der Waals surface area (Å²) < 4.78 is 11.1. The fourth-order valence-electron chi connectivity index (χ4n) is 13.8. The second kappa shape index (κ2) is 45.2. The number of nitrogens with one attached hydrogen (secondary N) is 4. The number of ether oxygens (including phenoxy) is 2. The monoisotopic (exact) mass is 1700 g/mol. The maximum absolute atomic E-state index is 12.3. The van der Waals surface area contributed by atoms with E-state index in [4.69, 9.17) is 20.9 Å². The standard InChI is InChI=1S/C23H25NO.C23H31NO.2C22H24N2O2.C21H26N2O2/c1-23(2,3)20-12-8-17(9-13-20)10-15-22(25)24-21-14-11-18-6-4-5-7-19(18)16-21;1-6-17(2)19-10-14-21(15-11-19)24-22(25)16-9-18-7-12-20(13-8-18)23(3,4)5;1-22(2,3)17-11-7-15(8-12-17)9-14-20(25)26-18-6-4-5-16-10-13-19(23)24-21(16)18;1-22(2,3)16-11-8-15(9-12-16)10-13-21(25)26-19-14-20(23)24-18-7-5-4-6-17(18)19;1-15(24)22-18-10-12-19(13-11-18)23-20(25)14-7-16-5-8-17(9-6-16)21(2,3)4/h4-9,11-14,16H,10,15H2,1-3H3,(H,24,25);7-8,10-15,17H,6,9,16H2,1-5H3,(H,24,25);4-8,10-13H,9,14H2,1-3H3,(H2,23,24);4-9,11-12,14H,10,13H2,1-3H3,(H2,23,24);5-6,8-13H,7,14H2,1-4H3,(H,22,24)(H,23,25). The molecule has 0 aliphatic rings.